The monoisotopic (exact) mass is 283 g/mol. The van der Waals surface area contributed by atoms with Gasteiger partial charge in [0.05, 0.1) is 6.61 Å². The summed E-state index contributed by atoms with van der Waals surface area (Å²) in [5, 5.41) is 1.63. The Balaban J connectivity index is 1.75. The molecular weight excluding hydrogens is 266 g/mol. The van der Waals surface area contributed by atoms with Gasteiger partial charge in [0.15, 0.2) is 0 Å². The molecule has 21 heavy (non-hydrogen) atoms. The third kappa shape index (κ3) is 2.96. The maximum atomic E-state index is 11.8. The van der Waals surface area contributed by atoms with E-state index >= 15 is 0 Å². The number of hydrogen-bond donors (Lipinski definition) is 0. The highest BCUT2D eigenvalue weighted by Gasteiger charge is 2.41. The second-order valence-electron chi connectivity index (χ2n) is 4.99. The van der Waals surface area contributed by atoms with Gasteiger partial charge >= 0.3 is 5.97 Å². The Bertz CT molecular complexity index is 600. The van der Waals surface area contributed by atoms with Gasteiger partial charge in [-0.2, -0.15) is 0 Å². The lowest BCUT2D eigenvalue weighted by atomic mass is 10.2. The van der Waals surface area contributed by atoms with Gasteiger partial charge in [0.2, 0.25) is 6.23 Å². The molecule has 2 unspecified atom stereocenters. The molecule has 0 amide bonds. The minimum atomic E-state index is -0.489. The fraction of sp³-hybridized carbons (Fsp3) is 0.235. The van der Waals surface area contributed by atoms with Gasteiger partial charge in [-0.05, 0) is 12.5 Å². The van der Waals surface area contributed by atoms with Gasteiger partial charge in [-0.3, -0.25) is 9.63 Å². The molecule has 2 aromatic carbocycles. The third-order valence-corrected chi connectivity index (χ3v) is 3.49. The van der Waals surface area contributed by atoms with Crippen LogP contribution in [-0.4, -0.2) is 17.1 Å². The van der Waals surface area contributed by atoms with Crippen LogP contribution in [0, 0.1) is 0 Å². The lowest BCUT2D eigenvalue weighted by Gasteiger charge is -2.23. The number of cyclic esters (lactones) is 1. The summed E-state index contributed by atoms with van der Waals surface area (Å²) >= 11 is 0. The van der Waals surface area contributed by atoms with Crippen molar-refractivity contribution in [1.29, 1.82) is 0 Å². The molecule has 2 atom stereocenters. The highest BCUT2D eigenvalue weighted by Crippen LogP contribution is 2.31. The summed E-state index contributed by atoms with van der Waals surface area (Å²) in [5.74, 6) is -0.267. The van der Waals surface area contributed by atoms with E-state index in [2.05, 4.69) is 0 Å². The zero-order valence-corrected chi connectivity index (χ0v) is 11.8. The summed E-state index contributed by atoms with van der Waals surface area (Å²) in [5.41, 5.74) is 1.96. The Kier molecular flexibility index (Phi) is 3.99. The van der Waals surface area contributed by atoms with Crippen molar-refractivity contribution in [3.8, 4) is 0 Å². The van der Waals surface area contributed by atoms with Crippen molar-refractivity contribution in [2.75, 3.05) is 0 Å². The van der Waals surface area contributed by atoms with Crippen LogP contribution in [0.2, 0.25) is 0 Å². The molecule has 0 radical (unpaired) electrons. The van der Waals surface area contributed by atoms with Crippen molar-refractivity contribution in [2.24, 2.45) is 0 Å². The zero-order valence-electron chi connectivity index (χ0n) is 11.8. The Morgan fingerprint density at radius 3 is 2.33 bits per heavy atom. The second kappa shape index (κ2) is 6.08. The van der Waals surface area contributed by atoms with Crippen LogP contribution in [-0.2, 0) is 21.0 Å². The van der Waals surface area contributed by atoms with E-state index in [1.807, 2.05) is 60.7 Å². The molecule has 1 fully saturated rings. The molecule has 4 heteroatoms. The molecule has 1 saturated heterocycles. The number of benzene rings is 2. The first-order valence-electron chi connectivity index (χ1n) is 6.96. The average molecular weight is 283 g/mol. The summed E-state index contributed by atoms with van der Waals surface area (Å²) in [7, 11) is 0. The van der Waals surface area contributed by atoms with Crippen molar-refractivity contribution in [3.05, 3.63) is 71.8 Å². The molecule has 0 bridgehead atoms. The summed E-state index contributed by atoms with van der Waals surface area (Å²) in [4.78, 5) is 17.7. The van der Waals surface area contributed by atoms with Gasteiger partial charge in [-0.25, -0.2) is 0 Å². The van der Waals surface area contributed by atoms with Gasteiger partial charge in [0.1, 0.15) is 6.04 Å². The Morgan fingerprint density at radius 2 is 1.67 bits per heavy atom. The molecule has 0 spiro atoms. The quantitative estimate of drug-likeness (QED) is 0.808. The van der Waals surface area contributed by atoms with Crippen molar-refractivity contribution in [1.82, 2.24) is 5.06 Å². The van der Waals surface area contributed by atoms with Crippen LogP contribution in [0.25, 0.3) is 0 Å². The SMILES string of the molecule is CC1C(=O)OC(c2ccccc2)N1OCc1ccccc1. The highest BCUT2D eigenvalue weighted by molar-refractivity contribution is 5.77. The average Bonchev–Trinajstić information content (AvgIpc) is 2.82. The lowest BCUT2D eigenvalue weighted by molar-refractivity contribution is -0.228. The standard InChI is InChI=1S/C17H17NO3/c1-13-17(19)21-16(15-10-6-3-7-11-15)18(13)20-12-14-8-4-2-5-9-14/h2-11,13,16H,12H2,1H3. The van der Waals surface area contributed by atoms with Gasteiger partial charge in [0, 0.05) is 5.56 Å². The number of hydroxylamine groups is 2. The van der Waals surface area contributed by atoms with Crippen LogP contribution in [0.1, 0.15) is 24.3 Å². The van der Waals surface area contributed by atoms with E-state index in [-0.39, 0.29) is 5.97 Å². The number of rotatable bonds is 4. The largest absolute Gasteiger partial charge is 0.439 e. The summed E-state index contributed by atoms with van der Waals surface area (Å²) < 4.78 is 5.42. The molecule has 0 saturated carbocycles. The predicted molar refractivity (Wildman–Crippen MR) is 77.8 cm³/mol. The van der Waals surface area contributed by atoms with Crippen molar-refractivity contribution in [3.63, 3.8) is 0 Å². The molecule has 108 valence electrons. The molecule has 2 aromatic rings. The summed E-state index contributed by atoms with van der Waals surface area (Å²) in [6.07, 6.45) is -0.489. The fourth-order valence-electron chi connectivity index (χ4n) is 2.30. The second-order valence-corrected chi connectivity index (χ2v) is 4.99. The molecule has 0 aliphatic carbocycles. The summed E-state index contributed by atoms with van der Waals surface area (Å²) in [6.45, 7) is 2.20. The molecule has 3 rings (SSSR count). The van der Waals surface area contributed by atoms with E-state index in [0.717, 1.165) is 11.1 Å². The Morgan fingerprint density at radius 1 is 1.05 bits per heavy atom. The van der Waals surface area contributed by atoms with Crippen LogP contribution in [0.4, 0.5) is 0 Å². The number of esters is 1. The Labute approximate surface area is 123 Å². The van der Waals surface area contributed by atoms with Gasteiger partial charge in [-0.15, -0.1) is 5.06 Å². The van der Waals surface area contributed by atoms with Gasteiger partial charge in [-0.1, -0.05) is 60.7 Å². The number of carbonyl (C=O) groups is 1. The van der Waals surface area contributed by atoms with E-state index in [1.54, 1.807) is 12.0 Å². The highest BCUT2D eigenvalue weighted by atomic mass is 16.7. The first kappa shape index (κ1) is 13.8. The van der Waals surface area contributed by atoms with Crippen LogP contribution in [0.15, 0.2) is 60.7 Å². The topological polar surface area (TPSA) is 38.8 Å². The molecule has 1 aliphatic rings. The molecule has 0 aromatic heterocycles. The summed E-state index contributed by atoms with van der Waals surface area (Å²) in [6, 6.07) is 19.1. The van der Waals surface area contributed by atoms with E-state index in [0.29, 0.717) is 6.61 Å². The van der Waals surface area contributed by atoms with E-state index in [1.165, 1.54) is 0 Å². The van der Waals surface area contributed by atoms with Crippen LogP contribution in [0.3, 0.4) is 0 Å². The normalized spacial score (nSPS) is 22.2. The smallest absolute Gasteiger partial charge is 0.327 e. The van der Waals surface area contributed by atoms with Crippen molar-refractivity contribution >= 4 is 5.97 Å². The van der Waals surface area contributed by atoms with Crippen LogP contribution in [0.5, 0.6) is 0 Å². The molecule has 0 N–H and O–H groups in total. The van der Waals surface area contributed by atoms with Crippen molar-refractivity contribution < 1.29 is 14.4 Å². The van der Waals surface area contributed by atoms with E-state index in [4.69, 9.17) is 9.57 Å². The molecule has 4 nitrogen and oxygen atoms in total. The fourth-order valence-corrected chi connectivity index (χ4v) is 2.30. The van der Waals surface area contributed by atoms with Crippen LogP contribution >= 0.6 is 0 Å². The first-order valence-corrected chi connectivity index (χ1v) is 6.96. The molecule has 1 heterocycles. The lowest BCUT2D eigenvalue weighted by Crippen LogP contribution is -2.32. The number of carbonyl (C=O) groups excluding carboxylic acids is 1. The maximum absolute atomic E-state index is 11.8. The number of hydrogen-bond acceptors (Lipinski definition) is 4. The number of nitrogens with zero attached hydrogens (tertiary/aromatic N) is 1. The minimum Gasteiger partial charge on any atom is -0.439 e. The predicted octanol–water partition coefficient (Wildman–Crippen LogP) is 3.06. The number of ether oxygens (including phenoxy) is 1. The third-order valence-electron chi connectivity index (χ3n) is 3.49. The molecule has 1 aliphatic heterocycles. The maximum Gasteiger partial charge on any atom is 0.327 e. The Hall–Kier alpha value is -2.17. The minimum absolute atomic E-state index is 0.267. The van der Waals surface area contributed by atoms with Crippen LogP contribution < -0.4 is 0 Å². The van der Waals surface area contributed by atoms with E-state index < -0.39 is 12.3 Å². The van der Waals surface area contributed by atoms with Gasteiger partial charge in [0.25, 0.3) is 0 Å². The zero-order chi connectivity index (χ0) is 14.7. The van der Waals surface area contributed by atoms with Crippen molar-refractivity contribution in [2.45, 2.75) is 25.8 Å². The van der Waals surface area contributed by atoms with E-state index in [9.17, 15) is 4.79 Å². The van der Waals surface area contributed by atoms with Gasteiger partial charge < -0.3 is 4.74 Å². The molecular formula is C17H17NO3. The first-order chi connectivity index (χ1) is 10.3.